The largest absolute Gasteiger partial charge is 0.311 e. The van der Waals surface area contributed by atoms with Gasteiger partial charge in [0, 0.05) is 12.7 Å². The summed E-state index contributed by atoms with van der Waals surface area (Å²) in [4.78, 5) is 0. The van der Waals surface area contributed by atoms with E-state index in [2.05, 4.69) is 42.1 Å². The van der Waals surface area contributed by atoms with Gasteiger partial charge in [0.05, 0.1) is 11.7 Å². The lowest BCUT2D eigenvalue weighted by Crippen LogP contribution is -2.29. The van der Waals surface area contributed by atoms with Gasteiger partial charge in [-0.2, -0.15) is 5.10 Å². The molecule has 1 heterocycles. The Morgan fingerprint density at radius 3 is 2.94 bits per heavy atom. The molecule has 0 aromatic carbocycles. The summed E-state index contributed by atoms with van der Waals surface area (Å²) < 4.78 is 2.12. The first kappa shape index (κ1) is 11.6. The van der Waals surface area contributed by atoms with Gasteiger partial charge >= 0.3 is 0 Å². The van der Waals surface area contributed by atoms with Crippen molar-refractivity contribution in [3.05, 3.63) is 18.0 Å². The van der Waals surface area contributed by atoms with Gasteiger partial charge in [-0.05, 0) is 38.3 Å². The highest BCUT2D eigenvalue weighted by Gasteiger charge is 2.32. The molecule has 3 nitrogen and oxygen atoms in total. The molecule has 0 radical (unpaired) electrons. The molecule has 1 aliphatic rings. The number of rotatable bonds is 4. The van der Waals surface area contributed by atoms with Gasteiger partial charge in [-0.3, -0.25) is 4.68 Å². The summed E-state index contributed by atoms with van der Waals surface area (Å²) in [6.45, 7) is 5.50. The average Bonchev–Trinajstić information content (AvgIpc) is 2.90. The maximum absolute atomic E-state index is 4.38. The van der Waals surface area contributed by atoms with Crippen molar-refractivity contribution in [1.29, 1.82) is 0 Å². The molecule has 2 rings (SSSR count). The van der Waals surface area contributed by atoms with Gasteiger partial charge in [-0.15, -0.1) is 0 Å². The van der Waals surface area contributed by atoms with Crippen LogP contribution in [-0.4, -0.2) is 16.8 Å². The van der Waals surface area contributed by atoms with Gasteiger partial charge in [0.2, 0.25) is 0 Å². The molecule has 0 bridgehead atoms. The second-order valence-electron chi connectivity index (χ2n) is 4.91. The Morgan fingerprint density at radius 2 is 2.38 bits per heavy atom. The van der Waals surface area contributed by atoms with Crippen LogP contribution in [0, 0.1) is 11.8 Å². The van der Waals surface area contributed by atoms with E-state index in [1.54, 1.807) is 0 Å². The lowest BCUT2D eigenvalue weighted by molar-refractivity contribution is 0.301. The molecule has 3 atom stereocenters. The lowest BCUT2D eigenvalue weighted by Gasteiger charge is -2.27. The summed E-state index contributed by atoms with van der Waals surface area (Å²) >= 11 is 0. The van der Waals surface area contributed by atoms with Gasteiger partial charge in [-0.1, -0.05) is 19.8 Å². The van der Waals surface area contributed by atoms with Crippen LogP contribution < -0.4 is 5.32 Å². The smallest absolute Gasteiger partial charge is 0.0556 e. The molecule has 1 fully saturated rings. The Kier molecular flexibility index (Phi) is 3.64. The summed E-state index contributed by atoms with van der Waals surface area (Å²) in [6, 6.07) is 2.63. The second kappa shape index (κ2) is 5.00. The maximum Gasteiger partial charge on any atom is 0.0556 e. The maximum atomic E-state index is 4.38. The first-order valence-corrected chi connectivity index (χ1v) is 6.47. The summed E-state index contributed by atoms with van der Waals surface area (Å²) in [5, 5.41) is 7.87. The Labute approximate surface area is 98.2 Å². The zero-order valence-electron chi connectivity index (χ0n) is 10.6. The summed E-state index contributed by atoms with van der Waals surface area (Å²) in [7, 11) is 2.07. The molecule has 1 aromatic rings. The van der Waals surface area contributed by atoms with E-state index in [0.29, 0.717) is 6.04 Å². The van der Waals surface area contributed by atoms with E-state index in [4.69, 9.17) is 0 Å². The number of hydrogen-bond donors (Lipinski definition) is 1. The van der Waals surface area contributed by atoms with Crippen LogP contribution >= 0.6 is 0 Å². The highest BCUT2D eigenvalue weighted by atomic mass is 15.3. The third kappa shape index (κ3) is 2.01. The third-order valence-electron chi connectivity index (χ3n) is 4.03. The SMILES string of the molecule is CCn1nccc1C(NC)C1CCCC1C. The molecule has 1 aromatic heterocycles. The minimum atomic E-state index is 0.472. The van der Waals surface area contributed by atoms with Crippen LogP contribution in [0.25, 0.3) is 0 Å². The van der Waals surface area contributed by atoms with Crippen molar-refractivity contribution in [1.82, 2.24) is 15.1 Å². The van der Waals surface area contributed by atoms with E-state index in [1.165, 1.54) is 25.0 Å². The van der Waals surface area contributed by atoms with Crippen molar-refractivity contribution in [3.8, 4) is 0 Å². The normalized spacial score (nSPS) is 27.2. The Bertz CT molecular complexity index is 332. The van der Waals surface area contributed by atoms with E-state index in [1.807, 2.05) is 6.20 Å². The molecule has 16 heavy (non-hydrogen) atoms. The van der Waals surface area contributed by atoms with Gasteiger partial charge in [0.1, 0.15) is 0 Å². The summed E-state index contributed by atoms with van der Waals surface area (Å²) in [5.74, 6) is 1.60. The van der Waals surface area contributed by atoms with Crippen molar-refractivity contribution in [3.63, 3.8) is 0 Å². The van der Waals surface area contributed by atoms with Gasteiger partial charge < -0.3 is 5.32 Å². The van der Waals surface area contributed by atoms with E-state index in [9.17, 15) is 0 Å². The lowest BCUT2D eigenvalue weighted by atomic mass is 9.88. The topological polar surface area (TPSA) is 29.9 Å². The first-order valence-electron chi connectivity index (χ1n) is 6.47. The van der Waals surface area contributed by atoms with E-state index in [0.717, 1.165) is 18.4 Å². The highest BCUT2D eigenvalue weighted by Crippen LogP contribution is 2.39. The van der Waals surface area contributed by atoms with Gasteiger partial charge in [-0.25, -0.2) is 0 Å². The molecule has 0 amide bonds. The fraction of sp³-hybridized carbons (Fsp3) is 0.769. The number of hydrogen-bond acceptors (Lipinski definition) is 2. The summed E-state index contributed by atoms with van der Waals surface area (Å²) in [5.41, 5.74) is 1.35. The van der Waals surface area contributed by atoms with E-state index < -0.39 is 0 Å². The van der Waals surface area contributed by atoms with Crippen LogP contribution in [0.4, 0.5) is 0 Å². The molecule has 1 saturated carbocycles. The molecule has 0 saturated heterocycles. The van der Waals surface area contributed by atoms with Crippen molar-refractivity contribution >= 4 is 0 Å². The van der Waals surface area contributed by atoms with Crippen molar-refractivity contribution < 1.29 is 0 Å². The van der Waals surface area contributed by atoms with Crippen LogP contribution in [-0.2, 0) is 6.54 Å². The molecule has 3 unspecified atom stereocenters. The second-order valence-corrected chi connectivity index (χ2v) is 4.91. The van der Waals surface area contributed by atoms with Gasteiger partial charge in [0.15, 0.2) is 0 Å². The fourth-order valence-corrected chi connectivity index (χ4v) is 3.12. The predicted octanol–water partition coefficient (Wildman–Crippen LogP) is 2.60. The number of nitrogens with zero attached hydrogens (tertiary/aromatic N) is 2. The van der Waals surface area contributed by atoms with Crippen molar-refractivity contribution in [2.24, 2.45) is 11.8 Å². The summed E-state index contributed by atoms with van der Waals surface area (Å²) in [6.07, 6.45) is 6.03. The number of nitrogens with one attached hydrogen (secondary N) is 1. The molecule has 3 heteroatoms. The van der Waals surface area contributed by atoms with E-state index in [-0.39, 0.29) is 0 Å². The van der Waals surface area contributed by atoms with Crippen molar-refractivity contribution in [2.45, 2.75) is 45.7 Å². The van der Waals surface area contributed by atoms with Crippen LogP contribution in [0.1, 0.15) is 44.8 Å². The minimum absolute atomic E-state index is 0.472. The minimum Gasteiger partial charge on any atom is -0.311 e. The van der Waals surface area contributed by atoms with E-state index >= 15 is 0 Å². The fourth-order valence-electron chi connectivity index (χ4n) is 3.12. The number of aryl methyl sites for hydroxylation is 1. The zero-order chi connectivity index (χ0) is 11.5. The Balaban J connectivity index is 2.21. The first-order chi connectivity index (χ1) is 7.77. The molecule has 1 N–H and O–H groups in total. The predicted molar refractivity (Wildman–Crippen MR) is 66.2 cm³/mol. The van der Waals surface area contributed by atoms with Crippen LogP contribution in [0.2, 0.25) is 0 Å². The number of aromatic nitrogens is 2. The molecule has 0 spiro atoms. The third-order valence-corrected chi connectivity index (χ3v) is 4.03. The molecule has 0 aliphatic heterocycles. The van der Waals surface area contributed by atoms with Crippen LogP contribution in [0.3, 0.4) is 0 Å². The zero-order valence-corrected chi connectivity index (χ0v) is 10.6. The standard InChI is InChI=1S/C13H23N3/c1-4-16-12(8-9-15-16)13(14-3)11-7-5-6-10(11)2/h8-11,13-14H,4-7H2,1-3H3. The Hall–Kier alpha value is -0.830. The molecule has 1 aliphatic carbocycles. The highest BCUT2D eigenvalue weighted by molar-refractivity contribution is 5.09. The quantitative estimate of drug-likeness (QED) is 0.847. The monoisotopic (exact) mass is 221 g/mol. The Morgan fingerprint density at radius 1 is 1.56 bits per heavy atom. The molecular weight excluding hydrogens is 198 g/mol. The molecule has 90 valence electrons. The van der Waals surface area contributed by atoms with Crippen LogP contribution in [0.15, 0.2) is 12.3 Å². The van der Waals surface area contributed by atoms with Crippen molar-refractivity contribution in [2.75, 3.05) is 7.05 Å². The molecular formula is C13H23N3. The average molecular weight is 221 g/mol. The van der Waals surface area contributed by atoms with Crippen LogP contribution in [0.5, 0.6) is 0 Å². The van der Waals surface area contributed by atoms with Gasteiger partial charge in [0.25, 0.3) is 0 Å².